The second kappa shape index (κ2) is 6.55. The molecule has 0 saturated carbocycles. The summed E-state index contributed by atoms with van der Waals surface area (Å²) < 4.78 is 26.6. The fraction of sp³-hybridized carbons (Fsp3) is 0.583. The van der Waals surface area contributed by atoms with E-state index in [1.807, 2.05) is 6.92 Å². The third-order valence-electron chi connectivity index (χ3n) is 3.22. The van der Waals surface area contributed by atoms with Crippen LogP contribution in [-0.4, -0.2) is 44.9 Å². The summed E-state index contributed by atoms with van der Waals surface area (Å²) in [6, 6.07) is 3.40. The van der Waals surface area contributed by atoms with Crippen molar-refractivity contribution in [3.05, 3.63) is 17.5 Å². The molecule has 0 spiro atoms. The Morgan fingerprint density at radius 3 is 3.10 bits per heavy atom. The van der Waals surface area contributed by atoms with Gasteiger partial charge in [0.25, 0.3) is 10.0 Å². The van der Waals surface area contributed by atoms with E-state index in [9.17, 15) is 8.42 Å². The Hall–Kier alpha value is -1.12. The van der Waals surface area contributed by atoms with Gasteiger partial charge in [-0.3, -0.25) is 4.99 Å². The number of nitrogens with one attached hydrogen (secondary N) is 1. The molecule has 0 aliphatic carbocycles. The maximum absolute atomic E-state index is 12.3. The van der Waals surface area contributed by atoms with E-state index in [1.165, 1.54) is 11.3 Å². The first-order valence-electron chi connectivity index (χ1n) is 6.61. The largest absolute Gasteiger partial charge is 0.370 e. The van der Waals surface area contributed by atoms with Gasteiger partial charge in [0.1, 0.15) is 4.21 Å². The van der Waals surface area contributed by atoms with E-state index in [-0.39, 0.29) is 5.92 Å². The topological polar surface area (TPSA) is 87.8 Å². The third kappa shape index (κ3) is 3.50. The van der Waals surface area contributed by atoms with Crippen molar-refractivity contribution in [3.8, 4) is 0 Å². The summed E-state index contributed by atoms with van der Waals surface area (Å²) in [7, 11) is -3.32. The molecule has 8 heteroatoms. The molecule has 1 atom stereocenters. The molecule has 1 aromatic rings. The van der Waals surface area contributed by atoms with Crippen molar-refractivity contribution in [2.75, 3.05) is 26.2 Å². The van der Waals surface area contributed by atoms with Gasteiger partial charge in [0.05, 0.1) is 0 Å². The molecule has 2 heterocycles. The van der Waals surface area contributed by atoms with Crippen LogP contribution in [0, 0.1) is 5.92 Å². The van der Waals surface area contributed by atoms with Crippen LogP contribution in [0.2, 0.25) is 0 Å². The molecule has 0 radical (unpaired) electrons. The van der Waals surface area contributed by atoms with E-state index < -0.39 is 10.0 Å². The molecule has 1 fully saturated rings. The first-order valence-corrected chi connectivity index (χ1v) is 8.93. The van der Waals surface area contributed by atoms with Crippen molar-refractivity contribution in [1.82, 2.24) is 9.62 Å². The smallest absolute Gasteiger partial charge is 0.252 e. The van der Waals surface area contributed by atoms with Gasteiger partial charge in [-0.2, -0.15) is 4.31 Å². The van der Waals surface area contributed by atoms with Gasteiger partial charge in [0, 0.05) is 26.2 Å². The maximum atomic E-state index is 12.3. The molecule has 6 nitrogen and oxygen atoms in total. The first-order chi connectivity index (χ1) is 9.54. The molecule has 3 N–H and O–H groups in total. The van der Waals surface area contributed by atoms with Crippen molar-refractivity contribution >= 4 is 27.3 Å². The number of guanidine groups is 1. The number of sulfonamides is 1. The number of hydrogen-bond donors (Lipinski definition) is 2. The lowest BCUT2D eigenvalue weighted by Crippen LogP contribution is -2.32. The number of aliphatic imine (C=N–C) groups is 1. The highest BCUT2D eigenvalue weighted by atomic mass is 32.2. The molecule has 1 aliphatic rings. The summed E-state index contributed by atoms with van der Waals surface area (Å²) in [5, 5.41) is 4.71. The predicted octanol–water partition coefficient (Wildman–Crippen LogP) is 0.683. The molecular weight excluding hydrogens is 296 g/mol. The molecule has 0 amide bonds. The van der Waals surface area contributed by atoms with Gasteiger partial charge in [0.2, 0.25) is 0 Å². The highest BCUT2D eigenvalue weighted by molar-refractivity contribution is 7.91. The number of nitrogens with zero attached hydrogens (tertiary/aromatic N) is 2. The third-order valence-corrected chi connectivity index (χ3v) is 6.45. The van der Waals surface area contributed by atoms with Crippen LogP contribution in [0.3, 0.4) is 0 Å². The fourth-order valence-electron chi connectivity index (χ4n) is 2.17. The van der Waals surface area contributed by atoms with Crippen molar-refractivity contribution in [2.45, 2.75) is 17.6 Å². The molecular formula is C12H20N4O2S2. The lowest BCUT2D eigenvalue weighted by Gasteiger charge is -2.14. The standard InChI is InChI=1S/C12H20N4O2S2/c1-2-14-12(13)15-8-10-5-6-16(9-10)20(17,18)11-4-3-7-19-11/h3-4,7,10H,2,5-6,8-9H2,1H3,(H3,13,14,15). The van der Waals surface area contributed by atoms with Crippen LogP contribution in [0.5, 0.6) is 0 Å². The van der Waals surface area contributed by atoms with Crippen LogP contribution >= 0.6 is 11.3 Å². The zero-order valence-electron chi connectivity index (χ0n) is 11.4. The van der Waals surface area contributed by atoms with Gasteiger partial charge in [-0.25, -0.2) is 8.42 Å². The van der Waals surface area contributed by atoms with E-state index in [0.29, 0.717) is 29.8 Å². The maximum Gasteiger partial charge on any atom is 0.252 e. The normalized spacial score (nSPS) is 21.2. The van der Waals surface area contributed by atoms with Crippen molar-refractivity contribution in [2.24, 2.45) is 16.6 Å². The van der Waals surface area contributed by atoms with Gasteiger partial charge in [-0.1, -0.05) is 6.07 Å². The molecule has 20 heavy (non-hydrogen) atoms. The monoisotopic (exact) mass is 316 g/mol. The predicted molar refractivity (Wildman–Crippen MR) is 81.4 cm³/mol. The zero-order chi connectivity index (χ0) is 14.6. The number of thiophene rings is 1. The minimum atomic E-state index is -3.32. The van der Waals surface area contributed by atoms with Crippen LogP contribution < -0.4 is 11.1 Å². The van der Waals surface area contributed by atoms with E-state index in [1.54, 1.807) is 21.8 Å². The van der Waals surface area contributed by atoms with Crippen LogP contribution in [0.25, 0.3) is 0 Å². The van der Waals surface area contributed by atoms with E-state index in [2.05, 4.69) is 10.3 Å². The summed E-state index contributed by atoms with van der Waals surface area (Å²) in [4.78, 5) is 4.24. The zero-order valence-corrected chi connectivity index (χ0v) is 13.1. The van der Waals surface area contributed by atoms with Gasteiger partial charge < -0.3 is 11.1 Å². The van der Waals surface area contributed by atoms with Crippen LogP contribution in [0.15, 0.2) is 26.7 Å². The van der Waals surface area contributed by atoms with E-state index >= 15 is 0 Å². The Morgan fingerprint density at radius 2 is 2.45 bits per heavy atom. The fourth-order valence-corrected chi connectivity index (χ4v) is 4.84. The average Bonchev–Trinajstić information content (AvgIpc) is 3.08. The Balaban J connectivity index is 1.94. The second-order valence-corrected chi connectivity index (χ2v) is 7.82. The molecule has 1 aliphatic heterocycles. The average molecular weight is 316 g/mol. The van der Waals surface area contributed by atoms with Crippen LogP contribution in [-0.2, 0) is 10.0 Å². The minimum absolute atomic E-state index is 0.238. The summed E-state index contributed by atoms with van der Waals surface area (Å²) >= 11 is 1.26. The van der Waals surface area contributed by atoms with Crippen molar-refractivity contribution in [1.29, 1.82) is 0 Å². The van der Waals surface area contributed by atoms with Gasteiger partial charge in [0.15, 0.2) is 5.96 Å². The van der Waals surface area contributed by atoms with Gasteiger partial charge >= 0.3 is 0 Å². The van der Waals surface area contributed by atoms with Crippen LogP contribution in [0.1, 0.15) is 13.3 Å². The molecule has 0 bridgehead atoms. The SMILES string of the molecule is CCNC(N)=NCC1CCN(S(=O)(=O)c2cccs2)C1. The van der Waals surface area contributed by atoms with Crippen molar-refractivity contribution in [3.63, 3.8) is 0 Å². The number of rotatable bonds is 5. The Kier molecular flexibility index (Phi) is 5.00. The summed E-state index contributed by atoms with van der Waals surface area (Å²) in [6.45, 7) is 4.33. The molecule has 2 rings (SSSR count). The lowest BCUT2D eigenvalue weighted by molar-refractivity contribution is 0.460. The summed E-state index contributed by atoms with van der Waals surface area (Å²) in [5.74, 6) is 0.661. The quantitative estimate of drug-likeness (QED) is 0.618. The first kappa shape index (κ1) is 15.3. The van der Waals surface area contributed by atoms with Crippen molar-refractivity contribution < 1.29 is 8.42 Å². The molecule has 0 aromatic carbocycles. The Bertz CT molecular complexity index is 554. The van der Waals surface area contributed by atoms with Gasteiger partial charge in [-0.05, 0) is 30.7 Å². The highest BCUT2D eigenvalue weighted by Gasteiger charge is 2.32. The second-order valence-electron chi connectivity index (χ2n) is 4.71. The molecule has 1 aromatic heterocycles. The summed E-state index contributed by atoms with van der Waals surface area (Å²) in [6.07, 6.45) is 0.827. The number of hydrogen-bond acceptors (Lipinski definition) is 4. The Morgan fingerprint density at radius 1 is 1.65 bits per heavy atom. The molecule has 112 valence electrons. The molecule has 1 unspecified atom stereocenters. The lowest BCUT2D eigenvalue weighted by atomic mass is 10.1. The summed E-state index contributed by atoms with van der Waals surface area (Å²) in [5.41, 5.74) is 5.67. The Labute approximate surface area is 123 Å². The minimum Gasteiger partial charge on any atom is -0.370 e. The van der Waals surface area contributed by atoms with Gasteiger partial charge in [-0.15, -0.1) is 11.3 Å². The van der Waals surface area contributed by atoms with E-state index in [4.69, 9.17) is 5.73 Å². The van der Waals surface area contributed by atoms with Crippen LogP contribution in [0.4, 0.5) is 0 Å². The highest BCUT2D eigenvalue weighted by Crippen LogP contribution is 2.26. The number of nitrogens with two attached hydrogens (primary N) is 1. The van der Waals surface area contributed by atoms with E-state index in [0.717, 1.165) is 13.0 Å². The molecule has 1 saturated heterocycles.